The lowest BCUT2D eigenvalue weighted by Crippen LogP contribution is -2.49. The molecule has 0 atom stereocenters. The molecule has 0 aliphatic carbocycles. The number of benzene rings is 1. The number of likely N-dealkylation sites (N-methyl/N-ethyl adjacent to an activating group) is 1. The Labute approximate surface area is 132 Å². The predicted octanol–water partition coefficient (Wildman–Crippen LogP) is 2.93. The molecule has 0 saturated carbocycles. The van der Waals surface area contributed by atoms with Gasteiger partial charge >= 0.3 is 12.0 Å². The van der Waals surface area contributed by atoms with Gasteiger partial charge in [0.15, 0.2) is 0 Å². The van der Waals surface area contributed by atoms with Crippen LogP contribution in [0.15, 0.2) is 12.1 Å². The molecule has 8 heteroatoms. The van der Waals surface area contributed by atoms with E-state index >= 15 is 0 Å². The van der Waals surface area contributed by atoms with Crippen LogP contribution in [0.4, 0.5) is 10.5 Å². The second-order valence-electron chi connectivity index (χ2n) is 5.08. The zero-order chi connectivity index (χ0) is 16.4. The molecule has 3 N–H and O–H groups in total. The topological polar surface area (TPSA) is 89.9 Å². The maximum Gasteiger partial charge on any atom is 0.337 e. The normalized spacial score (nSPS) is 11.1. The summed E-state index contributed by atoms with van der Waals surface area (Å²) in [5, 5.41) is 21.0. The van der Waals surface area contributed by atoms with E-state index in [4.69, 9.17) is 28.3 Å². The molecule has 1 aromatic rings. The smallest absolute Gasteiger partial charge is 0.337 e. The molecule has 1 rings (SSSR count). The number of carboxylic acid groups (broad SMARTS) is 1. The lowest BCUT2D eigenvalue weighted by Gasteiger charge is -2.34. The second-order valence-corrected chi connectivity index (χ2v) is 5.92. The first-order valence-corrected chi connectivity index (χ1v) is 6.73. The van der Waals surface area contributed by atoms with Gasteiger partial charge in [0.1, 0.15) is 0 Å². The fourth-order valence-electron chi connectivity index (χ4n) is 1.44. The van der Waals surface area contributed by atoms with Gasteiger partial charge in [-0.2, -0.15) is 0 Å². The van der Waals surface area contributed by atoms with Crippen molar-refractivity contribution < 1.29 is 19.8 Å². The van der Waals surface area contributed by atoms with E-state index in [0.29, 0.717) is 0 Å². The lowest BCUT2D eigenvalue weighted by atomic mass is 10.1. The van der Waals surface area contributed by atoms with E-state index in [9.17, 15) is 14.7 Å². The Hall–Kier alpha value is -1.50. The van der Waals surface area contributed by atoms with Crippen LogP contribution in [0.25, 0.3) is 0 Å². The Balaban J connectivity index is 3.14. The highest BCUT2D eigenvalue weighted by atomic mass is 35.5. The maximum absolute atomic E-state index is 12.1. The van der Waals surface area contributed by atoms with Crippen LogP contribution in [-0.4, -0.2) is 46.3 Å². The molecule has 0 bridgehead atoms. The van der Waals surface area contributed by atoms with Crippen LogP contribution >= 0.6 is 23.2 Å². The van der Waals surface area contributed by atoms with Crippen LogP contribution in [0, 0.1) is 0 Å². The number of amides is 2. The summed E-state index contributed by atoms with van der Waals surface area (Å²) in [5.41, 5.74) is -1.07. The SMILES string of the molecule is CN(C(=O)Nc1c(Cl)cc(Cl)cc1C(=O)O)C(C)(C)CO. The van der Waals surface area contributed by atoms with Crippen molar-refractivity contribution in [2.75, 3.05) is 19.0 Å². The van der Waals surface area contributed by atoms with Crippen LogP contribution in [0.2, 0.25) is 10.0 Å². The molecular weight excluding hydrogens is 319 g/mol. The van der Waals surface area contributed by atoms with E-state index < -0.39 is 17.5 Å². The van der Waals surface area contributed by atoms with Gasteiger partial charge in [-0.3, -0.25) is 0 Å². The van der Waals surface area contributed by atoms with Gasteiger partial charge in [-0.15, -0.1) is 0 Å². The highest BCUT2D eigenvalue weighted by Crippen LogP contribution is 2.31. The van der Waals surface area contributed by atoms with E-state index in [-0.39, 0.29) is 27.9 Å². The quantitative estimate of drug-likeness (QED) is 0.789. The highest BCUT2D eigenvalue weighted by Gasteiger charge is 2.28. The Kier molecular flexibility index (Phi) is 5.44. The van der Waals surface area contributed by atoms with Crippen molar-refractivity contribution in [3.05, 3.63) is 27.7 Å². The highest BCUT2D eigenvalue weighted by molar-refractivity contribution is 6.37. The molecule has 0 unspecified atom stereocenters. The molecule has 2 amide bonds. The first-order valence-electron chi connectivity index (χ1n) is 5.98. The number of nitrogens with zero attached hydrogens (tertiary/aromatic N) is 1. The first-order chi connectivity index (χ1) is 9.60. The fourth-order valence-corrected chi connectivity index (χ4v) is 1.98. The molecule has 0 aromatic heterocycles. The van der Waals surface area contributed by atoms with E-state index in [0.717, 1.165) is 0 Å². The van der Waals surface area contributed by atoms with Crippen LogP contribution < -0.4 is 5.32 Å². The average Bonchev–Trinajstić information content (AvgIpc) is 2.40. The largest absolute Gasteiger partial charge is 0.478 e. The van der Waals surface area contributed by atoms with Crippen molar-refractivity contribution in [1.29, 1.82) is 0 Å². The molecule has 1 aromatic carbocycles. The number of urea groups is 1. The summed E-state index contributed by atoms with van der Waals surface area (Å²) in [6.07, 6.45) is 0. The number of carboxylic acids is 1. The zero-order valence-corrected chi connectivity index (χ0v) is 13.3. The summed E-state index contributed by atoms with van der Waals surface area (Å²) in [4.78, 5) is 24.6. The first kappa shape index (κ1) is 17.6. The van der Waals surface area contributed by atoms with Gasteiger partial charge in [0.25, 0.3) is 0 Å². The summed E-state index contributed by atoms with van der Waals surface area (Å²) in [7, 11) is 1.48. The number of rotatable bonds is 4. The molecule has 0 radical (unpaired) electrons. The Bertz CT molecular complexity index is 576. The van der Waals surface area contributed by atoms with Crippen LogP contribution in [0.5, 0.6) is 0 Å². The molecule has 0 aliphatic heterocycles. The molecular formula is C13H16Cl2N2O4. The van der Waals surface area contributed by atoms with Crippen molar-refractivity contribution in [2.45, 2.75) is 19.4 Å². The van der Waals surface area contributed by atoms with Crippen molar-refractivity contribution in [2.24, 2.45) is 0 Å². The summed E-state index contributed by atoms with van der Waals surface area (Å²) < 4.78 is 0. The number of aromatic carboxylic acids is 1. The fraction of sp³-hybridized carbons (Fsp3) is 0.385. The Morgan fingerprint density at radius 2 is 1.90 bits per heavy atom. The minimum Gasteiger partial charge on any atom is -0.478 e. The molecule has 21 heavy (non-hydrogen) atoms. The number of nitrogens with one attached hydrogen (secondary N) is 1. The monoisotopic (exact) mass is 334 g/mol. The van der Waals surface area contributed by atoms with Gasteiger partial charge in [-0.25, -0.2) is 9.59 Å². The molecule has 0 aliphatic rings. The van der Waals surface area contributed by atoms with Gasteiger partial charge in [-0.1, -0.05) is 23.2 Å². The van der Waals surface area contributed by atoms with Crippen molar-refractivity contribution in [3.8, 4) is 0 Å². The van der Waals surface area contributed by atoms with E-state index in [2.05, 4.69) is 5.32 Å². The second kappa shape index (κ2) is 6.51. The number of anilines is 1. The predicted molar refractivity (Wildman–Crippen MR) is 81.4 cm³/mol. The number of hydrogen-bond acceptors (Lipinski definition) is 3. The minimum absolute atomic E-state index is 0.0171. The van der Waals surface area contributed by atoms with Crippen LogP contribution in [0.1, 0.15) is 24.2 Å². The molecule has 6 nitrogen and oxygen atoms in total. The van der Waals surface area contributed by atoms with E-state index in [1.54, 1.807) is 13.8 Å². The van der Waals surface area contributed by atoms with Gasteiger partial charge in [-0.05, 0) is 26.0 Å². The average molecular weight is 335 g/mol. The summed E-state index contributed by atoms with van der Waals surface area (Å²) in [6.45, 7) is 3.07. The lowest BCUT2D eigenvalue weighted by molar-refractivity contribution is 0.0698. The summed E-state index contributed by atoms with van der Waals surface area (Å²) >= 11 is 11.7. The molecule has 0 spiro atoms. The van der Waals surface area contributed by atoms with E-state index in [1.165, 1.54) is 24.1 Å². The van der Waals surface area contributed by atoms with Crippen molar-refractivity contribution >= 4 is 40.9 Å². The third kappa shape index (κ3) is 4.00. The number of halogens is 2. The van der Waals surface area contributed by atoms with Gasteiger partial charge in [0.05, 0.1) is 28.4 Å². The Morgan fingerprint density at radius 3 is 2.38 bits per heavy atom. The molecule has 0 heterocycles. The van der Waals surface area contributed by atoms with Gasteiger partial charge in [0.2, 0.25) is 0 Å². The minimum atomic E-state index is -1.27. The summed E-state index contributed by atoms with van der Waals surface area (Å²) in [6, 6.07) is 1.94. The number of carbonyl (C=O) groups excluding carboxylic acids is 1. The maximum atomic E-state index is 12.1. The van der Waals surface area contributed by atoms with Crippen molar-refractivity contribution in [1.82, 2.24) is 4.90 Å². The van der Waals surface area contributed by atoms with E-state index in [1.807, 2.05) is 0 Å². The third-order valence-electron chi connectivity index (χ3n) is 3.12. The number of aliphatic hydroxyl groups is 1. The molecule has 0 saturated heterocycles. The van der Waals surface area contributed by atoms with Crippen LogP contribution in [0.3, 0.4) is 0 Å². The Morgan fingerprint density at radius 1 is 1.33 bits per heavy atom. The molecule has 0 fully saturated rings. The van der Waals surface area contributed by atoms with Crippen molar-refractivity contribution in [3.63, 3.8) is 0 Å². The third-order valence-corrected chi connectivity index (χ3v) is 3.63. The number of carbonyl (C=O) groups is 2. The van der Waals surface area contributed by atoms with Gasteiger partial charge in [0, 0.05) is 12.1 Å². The van der Waals surface area contributed by atoms with Crippen LogP contribution in [-0.2, 0) is 0 Å². The summed E-state index contributed by atoms with van der Waals surface area (Å²) in [5.74, 6) is -1.27. The zero-order valence-electron chi connectivity index (χ0n) is 11.8. The number of aliphatic hydroxyl groups excluding tert-OH is 1. The number of hydrogen-bond donors (Lipinski definition) is 3. The van der Waals surface area contributed by atoms with Gasteiger partial charge < -0.3 is 20.4 Å². The molecule has 116 valence electrons. The standard InChI is InChI=1S/C13H16Cl2N2O4/c1-13(2,6-18)17(3)12(21)16-10-8(11(19)20)4-7(14)5-9(10)15/h4-5,18H,6H2,1-3H3,(H,16,21)(H,19,20).